The lowest BCUT2D eigenvalue weighted by atomic mass is 10.1. The lowest BCUT2D eigenvalue weighted by Crippen LogP contribution is -2.49. The topological polar surface area (TPSA) is 49.9 Å². The summed E-state index contributed by atoms with van der Waals surface area (Å²) in [4.78, 5) is 2.11. The van der Waals surface area contributed by atoms with Crippen molar-refractivity contribution in [1.29, 1.82) is 0 Å². The average molecular weight is 579 g/mol. The van der Waals surface area contributed by atoms with Gasteiger partial charge in [0.15, 0.2) is 0 Å². The van der Waals surface area contributed by atoms with Crippen LogP contribution in [-0.4, -0.2) is 50.3 Å². The van der Waals surface area contributed by atoms with Gasteiger partial charge in [0, 0.05) is 37.7 Å². The maximum absolute atomic E-state index is 12.9. The quantitative estimate of drug-likeness (QED) is 0.313. The number of halogens is 5. The Kier molecular flexibility index (Phi) is 8.66. The molecule has 4 rings (SSSR count). The Hall–Kier alpha value is -1.66. The first-order valence-electron chi connectivity index (χ1n) is 11.0. The van der Waals surface area contributed by atoms with Crippen molar-refractivity contribution >= 4 is 44.6 Å². The third-order valence-electron chi connectivity index (χ3n) is 5.87. The monoisotopic (exact) mass is 578 g/mol. The molecule has 1 saturated heterocycles. The summed E-state index contributed by atoms with van der Waals surface area (Å²) >= 11 is 13.0. The van der Waals surface area contributed by atoms with Crippen LogP contribution in [0.1, 0.15) is 22.8 Å². The van der Waals surface area contributed by atoms with E-state index in [1.807, 2.05) is 12.1 Å². The molecule has 2 aromatic carbocycles. The Morgan fingerprint density at radius 1 is 0.917 bits per heavy atom. The number of nitrogens with zero attached hydrogens (tertiary/aromatic N) is 2. The van der Waals surface area contributed by atoms with Crippen molar-refractivity contribution in [2.45, 2.75) is 23.1 Å². The Balaban J connectivity index is 1.41. The lowest BCUT2D eigenvalue weighted by molar-refractivity contribution is -0.137. The summed E-state index contributed by atoms with van der Waals surface area (Å²) < 4.78 is 72.5. The number of ether oxygens (including phenoxy) is 1. The zero-order valence-corrected chi connectivity index (χ0v) is 22.1. The van der Waals surface area contributed by atoms with Crippen LogP contribution >= 0.6 is 34.5 Å². The number of sulfonamides is 1. The molecule has 0 saturated carbocycles. The Morgan fingerprint density at radius 2 is 1.56 bits per heavy atom. The number of hydrogen-bond donors (Lipinski definition) is 0. The molecule has 1 aliphatic heterocycles. The van der Waals surface area contributed by atoms with E-state index >= 15 is 0 Å². The van der Waals surface area contributed by atoms with Gasteiger partial charge in [-0.2, -0.15) is 17.5 Å². The maximum Gasteiger partial charge on any atom is 0.416 e. The third kappa shape index (κ3) is 6.80. The predicted octanol–water partition coefficient (Wildman–Crippen LogP) is 6.34. The molecular weight excluding hydrogens is 556 g/mol. The van der Waals surface area contributed by atoms with Crippen molar-refractivity contribution in [1.82, 2.24) is 9.21 Å². The molecule has 1 fully saturated rings. The highest BCUT2D eigenvalue weighted by molar-refractivity contribution is 7.91. The molecule has 5 nitrogen and oxygen atoms in total. The number of hydrogen-bond acceptors (Lipinski definition) is 5. The third-order valence-corrected chi connectivity index (χ3v) is 9.72. The summed E-state index contributed by atoms with van der Waals surface area (Å²) in [6, 6.07) is 15.2. The van der Waals surface area contributed by atoms with Crippen LogP contribution in [0.3, 0.4) is 0 Å². The average Bonchev–Trinajstić information content (AvgIpc) is 3.29. The van der Waals surface area contributed by atoms with Gasteiger partial charge in [-0.3, -0.25) is 4.90 Å². The van der Waals surface area contributed by atoms with Crippen LogP contribution in [0, 0.1) is 0 Å². The van der Waals surface area contributed by atoms with Crippen molar-refractivity contribution in [3.8, 4) is 0 Å². The van der Waals surface area contributed by atoms with Gasteiger partial charge in [0.2, 0.25) is 0 Å². The minimum Gasteiger partial charge on any atom is -0.368 e. The van der Waals surface area contributed by atoms with Gasteiger partial charge < -0.3 is 4.74 Å². The molecule has 194 valence electrons. The SMILES string of the molecule is O=S(=O)(c1ccc(Cl)s1)N1CCN(C[C@@H](OCc2ccc(C(F)(F)F)cc2)c2ccc(Cl)cc2)CC1. The van der Waals surface area contributed by atoms with E-state index in [2.05, 4.69) is 4.90 Å². The molecule has 0 unspecified atom stereocenters. The van der Waals surface area contributed by atoms with Crippen molar-refractivity contribution in [3.05, 3.63) is 86.7 Å². The van der Waals surface area contributed by atoms with Gasteiger partial charge in [0.05, 0.1) is 22.6 Å². The van der Waals surface area contributed by atoms with Gasteiger partial charge in [-0.25, -0.2) is 8.42 Å². The number of thiophene rings is 1. The van der Waals surface area contributed by atoms with Gasteiger partial charge in [0.1, 0.15) is 4.21 Å². The lowest BCUT2D eigenvalue weighted by Gasteiger charge is -2.35. The summed E-state index contributed by atoms with van der Waals surface area (Å²) in [5, 5.41) is 0.577. The molecule has 1 aromatic heterocycles. The van der Waals surface area contributed by atoms with Gasteiger partial charge in [0.25, 0.3) is 10.0 Å². The van der Waals surface area contributed by atoms with E-state index in [1.54, 1.807) is 18.2 Å². The molecule has 0 aliphatic carbocycles. The standard InChI is InChI=1S/C24H23Cl2F3N2O3S2/c25-20-7-3-18(4-8-20)21(34-16-17-1-5-19(6-2-17)24(27,28)29)15-30-11-13-31(14-12-30)36(32,33)23-10-9-22(26)35-23/h1-10,21H,11-16H2/t21-/m1/s1. The highest BCUT2D eigenvalue weighted by Crippen LogP contribution is 2.31. The number of alkyl halides is 3. The van der Waals surface area contributed by atoms with Crippen molar-refractivity contribution < 1.29 is 26.3 Å². The highest BCUT2D eigenvalue weighted by atomic mass is 35.5. The molecule has 3 aromatic rings. The van der Waals surface area contributed by atoms with E-state index in [9.17, 15) is 21.6 Å². The Labute approximate surface area is 222 Å². The van der Waals surface area contributed by atoms with Crippen molar-refractivity contribution in [3.63, 3.8) is 0 Å². The summed E-state index contributed by atoms with van der Waals surface area (Å²) in [7, 11) is -3.60. The fraction of sp³-hybridized carbons (Fsp3) is 0.333. The van der Waals surface area contributed by atoms with Crippen LogP contribution in [0.5, 0.6) is 0 Å². The second-order valence-corrected chi connectivity index (χ2v) is 12.6. The van der Waals surface area contributed by atoms with Gasteiger partial charge >= 0.3 is 6.18 Å². The van der Waals surface area contributed by atoms with Crippen LogP contribution in [0.25, 0.3) is 0 Å². The van der Waals surface area contributed by atoms with E-state index in [0.29, 0.717) is 47.6 Å². The summed E-state index contributed by atoms with van der Waals surface area (Å²) in [5.74, 6) is 0. The number of benzene rings is 2. The summed E-state index contributed by atoms with van der Waals surface area (Å²) in [6.45, 7) is 2.27. The second-order valence-electron chi connectivity index (χ2n) is 8.31. The molecule has 36 heavy (non-hydrogen) atoms. The zero-order chi connectivity index (χ0) is 25.9. The normalized spacial score (nSPS) is 16.8. The van der Waals surface area contributed by atoms with Gasteiger partial charge in [-0.15, -0.1) is 11.3 Å². The Bertz CT molecular complexity index is 1260. The maximum atomic E-state index is 12.9. The molecule has 0 N–H and O–H groups in total. The van der Waals surface area contributed by atoms with E-state index in [4.69, 9.17) is 27.9 Å². The first-order chi connectivity index (χ1) is 17.0. The van der Waals surface area contributed by atoms with Crippen molar-refractivity contribution in [2.75, 3.05) is 32.7 Å². The molecule has 0 radical (unpaired) electrons. The first kappa shape index (κ1) is 27.4. The minimum absolute atomic E-state index is 0.124. The molecule has 0 amide bonds. The Morgan fingerprint density at radius 3 is 2.11 bits per heavy atom. The van der Waals surface area contributed by atoms with Crippen LogP contribution in [0.2, 0.25) is 9.36 Å². The van der Waals surface area contributed by atoms with Crippen molar-refractivity contribution in [2.24, 2.45) is 0 Å². The molecule has 12 heteroatoms. The number of piperazine rings is 1. The molecule has 1 atom stereocenters. The van der Waals surface area contributed by atoms with Gasteiger partial charge in [-0.1, -0.05) is 47.5 Å². The first-order valence-corrected chi connectivity index (χ1v) is 14.0. The number of rotatable bonds is 8. The van der Waals surface area contributed by atoms with E-state index in [-0.39, 0.29) is 16.9 Å². The van der Waals surface area contributed by atoms with Gasteiger partial charge in [-0.05, 0) is 47.5 Å². The second kappa shape index (κ2) is 11.4. The summed E-state index contributed by atoms with van der Waals surface area (Å²) in [5.41, 5.74) is 0.778. The zero-order valence-electron chi connectivity index (χ0n) is 18.9. The minimum atomic E-state index is -4.39. The molecule has 2 heterocycles. The van der Waals surface area contributed by atoms with Crippen LogP contribution in [0.4, 0.5) is 13.2 Å². The van der Waals surface area contributed by atoms with E-state index in [0.717, 1.165) is 29.0 Å². The fourth-order valence-corrected chi connectivity index (χ4v) is 7.05. The smallest absolute Gasteiger partial charge is 0.368 e. The van der Waals surface area contributed by atoms with E-state index < -0.39 is 21.8 Å². The van der Waals surface area contributed by atoms with Crippen LogP contribution in [0.15, 0.2) is 64.9 Å². The predicted molar refractivity (Wildman–Crippen MR) is 135 cm³/mol. The largest absolute Gasteiger partial charge is 0.416 e. The van der Waals surface area contributed by atoms with E-state index in [1.165, 1.54) is 22.5 Å². The molecular formula is C24H23Cl2F3N2O3S2. The molecule has 0 spiro atoms. The molecule has 0 bridgehead atoms. The van der Waals surface area contributed by atoms with Crippen LogP contribution in [-0.2, 0) is 27.5 Å². The molecule has 1 aliphatic rings. The summed E-state index contributed by atoms with van der Waals surface area (Å²) in [6.07, 6.45) is -4.78. The van der Waals surface area contributed by atoms with Crippen LogP contribution < -0.4 is 0 Å². The fourth-order valence-electron chi connectivity index (χ4n) is 3.87. The highest BCUT2D eigenvalue weighted by Gasteiger charge is 2.31.